The van der Waals surface area contributed by atoms with Crippen molar-refractivity contribution in [3.05, 3.63) is 90.1 Å². The number of carbonyl (C=O) groups excluding carboxylic acids is 2. The van der Waals surface area contributed by atoms with Gasteiger partial charge < -0.3 is 15.7 Å². The van der Waals surface area contributed by atoms with Crippen LogP contribution in [0.2, 0.25) is 0 Å². The number of pyridine rings is 1. The third kappa shape index (κ3) is 8.38. The van der Waals surface area contributed by atoms with Gasteiger partial charge in [-0.3, -0.25) is 9.59 Å². The van der Waals surface area contributed by atoms with Crippen molar-refractivity contribution >= 4 is 45.3 Å². The summed E-state index contributed by atoms with van der Waals surface area (Å²) in [6.07, 6.45) is 3.09. The van der Waals surface area contributed by atoms with E-state index >= 15 is 0 Å². The predicted octanol–water partition coefficient (Wildman–Crippen LogP) is 2.96. The fourth-order valence-corrected chi connectivity index (χ4v) is 7.55. The second-order valence-electron chi connectivity index (χ2n) is 9.60. The topological polar surface area (TPSA) is 146 Å². The van der Waals surface area contributed by atoms with Gasteiger partial charge in [-0.05, 0) is 41.8 Å². The molecule has 1 saturated heterocycles. The largest absolute Gasteiger partial charge is 0.480 e. The lowest BCUT2D eigenvalue weighted by molar-refractivity contribution is -0.142. The number of aliphatic carboxylic acids is 1. The first-order valence-corrected chi connectivity index (χ1v) is 15.8. The van der Waals surface area contributed by atoms with Crippen molar-refractivity contribution in [2.75, 3.05) is 23.5 Å². The molecule has 1 aliphatic heterocycles. The number of thioether (sulfide) groups is 1. The lowest BCUT2D eigenvalue weighted by Gasteiger charge is -2.24. The quantitative estimate of drug-likeness (QED) is 0.239. The Hall–Kier alpha value is -3.74. The molecular weight excluding hydrogens is 564 g/mol. The number of Topliss-reactive ketones (excluding diaryl/α,β-unsaturated/α-hetero) is 1. The molecule has 10 nitrogen and oxygen atoms in total. The fourth-order valence-electron chi connectivity index (χ4n) is 4.38. The third-order valence-electron chi connectivity index (χ3n) is 6.58. The molecule has 0 radical (unpaired) electrons. The van der Waals surface area contributed by atoms with E-state index in [1.54, 1.807) is 48.7 Å². The number of hydrogen-bond acceptors (Lipinski definition) is 8. The van der Waals surface area contributed by atoms with E-state index in [2.05, 4.69) is 15.6 Å². The zero-order chi connectivity index (χ0) is 29.2. The molecule has 0 unspecified atom stereocenters. The standard InChI is InChI=1S/C29H32N4O6S2/c34-23(7-6-16-31-27-10-4-5-15-30-27)17-21-11-13-22(14-12-21)18-25(29(36)37)32-28(35)26-19-40-20-33(26)41(38,39)24-8-2-1-3-9-24/h1-5,8-15,25-26H,6-7,16-20H2,(H,30,31)(H,32,35)(H,36,37)/t25-,26-/m0/s1. The van der Waals surface area contributed by atoms with Crippen molar-refractivity contribution in [2.24, 2.45) is 0 Å². The summed E-state index contributed by atoms with van der Waals surface area (Å²) in [4.78, 5) is 41.7. The average Bonchev–Trinajstić information content (AvgIpc) is 3.48. The molecule has 41 heavy (non-hydrogen) atoms. The van der Waals surface area contributed by atoms with Gasteiger partial charge in [0.15, 0.2) is 0 Å². The summed E-state index contributed by atoms with van der Waals surface area (Å²) in [5.74, 6) is -0.675. The number of aromatic nitrogens is 1. The first kappa shape index (κ1) is 30.2. The van der Waals surface area contributed by atoms with Crippen LogP contribution in [0.25, 0.3) is 0 Å². The number of hydrogen-bond donors (Lipinski definition) is 3. The molecule has 3 N–H and O–H groups in total. The minimum atomic E-state index is -3.91. The van der Waals surface area contributed by atoms with Crippen LogP contribution in [0.3, 0.4) is 0 Å². The zero-order valence-electron chi connectivity index (χ0n) is 22.3. The summed E-state index contributed by atoms with van der Waals surface area (Å²) in [5.41, 5.74) is 1.49. The maximum absolute atomic E-state index is 13.1. The van der Waals surface area contributed by atoms with Gasteiger partial charge in [0.05, 0.1) is 10.8 Å². The van der Waals surface area contributed by atoms with Crippen LogP contribution in [0.5, 0.6) is 0 Å². The van der Waals surface area contributed by atoms with Gasteiger partial charge in [-0.25, -0.2) is 18.2 Å². The van der Waals surface area contributed by atoms with E-state index in [9.17, 15) is 27.9 Å². The van der Waals surface area contributed by atoms with Crippen molar-refractivity contribution in [1.29, 1.82) is 0 Å². The molecule has 1 aromatic heterocycles. The highest BCUT2D eigenvalue weighted by Crippen LogP contribution is 2.28. The number of sulfonamides is 1. The summed E-state index contributed by atoms with van der Waals surface area (Å²) in [7, 11) is -3.91. The Bertz CT molecular complexity index is 1440. The highest BCUT2D eigenvalue weighted by atomic mass is 32.2. The van der Waals surface area contributed by atoms with E-state index in [0.717, 1.165) is 15.7 Å². The van der Waals surface area contributed by atoms with Crippen LogP contribution in [0.1, 0.15) is 24.0 Å². The normalized spacial score (nSPS) is 16.1. The van der Waals surface area contributed by atoms with E-state index in [-0.39, 0.29) is 35.2 Å². The molecule has 0 spiro atoms. The maximum atomic E-state index is 13.1. The molecule has 1 amide bonds. The second kappa shape index (κ2) is 14.2. The lowest BCUT2D eigenvalue weighted by Crippen LogP contribution is -2.52. The Balaban J connectivity index is 1.29. The van der Waals surface area contributed by atoms with E-state index < -0.39 is 34.0 Å². The molecule has 2 atom stereocenters. The molecule has 216 valence electrons. The van der Waals surface area contributed by atoms with Crippen LogP contribution >= 0.6 is 11.8 Å². The SMILES string of the molecule is O=C(CCCNc1ccccn1)Cc1ccc(C[C@H](NC(=O)[C@@H]2CSCN2S(=O)(=O)c2ccccc2)C(=O)O)cc1. The molecule has 12 heteroatoms. The third-order valence-corrected chi connectivity index (χ3v) is 9.62. The van der Waals surface area contributed by atoms with Gasteiger partial charge in [0.2, 0.25) is 15.9 Å². The van der Waals surface area contributed by atoms with Crippen LogP contribution in [0.15, 0.2) is 83.9 Å². The number of ketones is 1. The number of carboxylic acids is 1. The van der Waals surface area contributed by atoms with Gasteiger partial charge in [-0.1, -0.05) is 48.5 Å². The minimum absolute atomic E-state index is 0.0137. The number of anilines is 1. The summed E-state index contributed by atoms with van der Waals surface area (Å²) >= 11 is 1.30. The Morgan fingerprint density at radius 1 is 1.00 bits per heavy atom. The minimum Gasteiger partial charge on any atom is -0.480 e. The number of carbonyl (C=O) groups is 3. The summed E-state index contributed by atoms with van der Waals surface area (Å²) in [6.45, 7) is 0.638. The van der Waals surface area contributed by atoms with Crippen molar-refractivity contribution < 1.29 is 27.9 Å². The Morgan fingerprint density at radius 3 is 2.39 bits per heavy atom. The Morgan fingerprint density at radius 2 is 1.71 bits per heavy atom. The van der Waals surface area contributed by atoms with Crippen molar-refractivity contribution in [1.82, 2.24) is 14.6 Å². The smallest absolute Gasteiger partial charge is 0.326 e. The van der Waals surface area contributed by atoms with E-state index in [0.29, 0.717) is 24.9 Å². The van der Waals surface area contributed by atoms with Gasteiger partial charge in [-0.15, -0.1) is 11.8 Å². The highest BCUT2D eigenvalue weighted by molar-refractivity contribution is 8.00. The fraction of sp³-hybridized carbons (Fsp3) is 0.310. The maximum Gasteiger partial charge on any atom is 0.326 e. The van der Waals surface area contributed by atoms with Crippen LogP contribution < -0.4 is 10.6 Å². The molecule has 0 saturated carbocycles. The average molecular weight is 597 g/mol. The van der Waals surface area contributed by atoms with Gasteiger partial charge >= 0.3 is 5.97 Å². The second-order valence-corrected chi connectivity index (χ2v) is 12.5. The highest BCUT2D eigenvalue weighted by Gasteiger charge is 2.41. The molecule has 0 bridgehead atoms. The van der Waals surface area contributed by atoms with Gasteiger partial charge in [0.1, 0.15) is 23.7 Å². The molecule has 0 aliphatic carbocycles. The van der Waals surface area contributed by atoms with Crippen LogP contribution in [-0.4, -0.2) is 70.7 Å². The summed E-state index contributed by atoms with van der Waals surface area (Å²) in [5, 5.41) is 15.5. The first-order valence-electron chi connectivity index (χ1n) is 13.2. The van der Waals surface area contributed by atoms with Crippen LogP contribution in [0.4, 0.5) is 5.82 Å². The number of amides is 1. The molecule has 2 aromatic carbocycles. The lowest BCUT2D eigenvalue weighted by atomic mass is 10.0. The number of nitrogens with one attached hydrogen (secondary N) is 2. The number of rotatable bonds is 14. The molecule has 1 aliphatic rings. The van der Waals surface area contributed by atoms with Crippen molar-refractivity contribution in [3.8, 4) is 0 Å². The number of benzene rings is 2. The van der Waals surface area contributed by atoms with E-state index in [4.69, 9.17) is 0 Å². The van der Waals surface area contributed by atoms with Gasteiger partial charge in [0.25, 0.3) is 0 Å². The molecule has 3 aromatic rings. The van der Waals surface area contributed by atoms with E-state index in [1.165, 1.54) is 23.9 Å². The predicted molar refractivity (Wildman–Crippen MR) is 157 cm³/mol. The summed E-state index contributed by atoms with van der Waals surface area (Å²) in [6, 6.07) is 18.2. The van der Waals surface area contributed by atoms with Gasteiger partial charge in [-0.2, -0.15) is 4.31 Å². The molecule has 2 heterocycles. The molecule has 1 fully saturated rings. The van der Waals surface area contributed by atoms with Crippen LogP contribution in [-0.2, 0) is 37.2 Å². The van der Waals surface area contributed by atoms with E-state index in [1.807, 2.05) is 18.2 Å². The molecular formula is C29H32N4O6S2. The summed E-state index contributed by atoms with van der Waals surface area (Å²) < 4.78 is 27.3. The first-order chi connectivity index (χ1) is 19.7. The number of nitrogens with zero attached hydrogens (tertiary/aromatic N) is 2. The Kier molecular flexibility index (Phi) is 10.5. The monoisotopic (exact) mass is 596 g/mol. The zero-order valence-corrected chi connectivity index (χ0v) is 23.9. The van der Waals surface area contributed by atoms with Crippen LogP contribution in [0, 0.1) is 0 Å². The van der Waals surface area contributed by atoms with Crippen molar-refractivity contribution in [2.45, 2.75) is 42.7 Å². The van der Waals surface area contributed by atoms with Gasteiger partial charge in [0, 0.05) is 37.8 Å². The Labute approximate surface area is 243 Å². The molecule has 4 rings (SSSR count). The number of carboxylic acid groups (broad SMARTS) is 1. The van der Waals surface area contributed by atoms with Crippen molar-refractivity contribution in [3.63, 3.8) is 0 Å².